The number of imidazole rings is 1. The smallest absolute Gasteiger partial charge is 0.120 e. The summed E-state index contributed by atoms with van der Waals surface area (Å²) in [7, 11) is 1.95. The molecule has 0 aliphatic heterocycles. The molecule has 1 aromatic heterocycles. The minimum absolute atomic E-state index is 0.0925. The van der Waals surface area contributed by atoms with Gasteiger partial charge in [-0.1, -0.05) is 17.7 Å². The van der Waals surface area contributed by atoms with Gasteiger partial charge in [-0.15, -0.1) is 0 Å². The Kier molecular flexibility index (Phi) is 4.23. The average molecular weight is 266 g/mol. The zero-order valence-corrected chi connectivity index (χ0v) is 11.0. The van der Waals surface area contributed by atoms with E-state index in [4.69, 9.17) is 22.1 Å². The van der Waals surface area contributed by atoms with Gasteiger partial charge in [-0.05, 0) is 18.2 Å². The Balaban J connectivity index is 1.85. The Morgan fingerprint density at radius 2 is 2.33 bits per heavy atom. The number of hydrogen-bond donors (Lipinski definition) is 1. The fourth-order valence-corrected chi connectivity index (χ4v) is 1.83. The highest BCUT2D eigenvalue weighted by molar-refractivity contribution is 6.30. The van der Waals surface area contributed by atoms with Gasteiger partial charge in [-0.2, -0.15) is 0 Å². The fraction of sp³-hybridized carbons (Fsp3) is 0.308. The first-order valence-electron chi connectivity index (χ1n) is 5.75. The standard InChI is InChI=1S/C13H16ClN3O/c1-17-6-5-16-13(17)8-11(15)9-18-12-4-2-3-10(14)7-12/h2-7,11H,8-9,15H2,1H3. The van der Waals surface area contributed by atoms with Crippen LogP contribution in [0.1, 0.15) is 5.82 Å². The van der Waals surface area contributed by atoms with Crippen molar-refractivity contribution in [2.24, 2.45) is 12.8 Å². The molecule has 1 unspecified atom stereocenters. The molecule has 5 heteroatoms. The molecule has 0 spiro atoms. The van der Waals surface area contributed by atoms with Crippen LogP contribution in [0.4, 0.5) is 0 Å². The average Bonchev–Trinajstić information content (AvgIpc) is 2.73. The van der Waals surface area contributed by atoms with E-state index >= 15 is 0 Å². The van der Waals surface area contributed by atoms with E-state index < -0.39 is 0 Å². The summed E-state index contributed by atoms with van der Waals surface area (Å²) in [6, 6.07) is 7.20. The summed E-state index contributed by atoms with van der Waals surface area (Å²) in [5, 5.41) is 0.658. The molecule has 0 aliphatic carbocycles. The molecular formula is C13H16ClN3O. The Bertz CT molecular complexity index is 512. The number of rotatable bonds is 5. The van der Waals surface area contributed by atoms with E-state index in [9.17, 15) is 0 Å². The summed E-state index contributed by atoms with van der Waals surface area (Å²) < 4.78 is 7.55. The van der Waals surface area contributed by atoms with Crippen molar-refractivity contribution < 1.29 is 4.74 Å². The number of benzene rings is 1. The van der Waals surface area contributed by atoms with Crippen LogP contribution in [0.5, 0.6) is 5.75 Å². The molecule has 1 heterocycles. The Morgan fingerprint density at radius 3 is 3.00 bits per heavy atom. The molecule has 0 radical (unpaired) electrons. The summed E-state index contributed by atoms with van der Waals surface area (Å²) in [5.74, 6) is 1.69. The quantitative estimate of drug-likeness (QED) is 0.900. The molecule has 0 aliphatic rings. The van der Waals surface area contributed by atoms with E-state index in [-0.39, 0.29) is 6.04 Å². The van der Waals surface area contributed by atoms with Gasteiger partial charge in [-0.25, -0.2) is 4.98 Å². The lowest BCUT2D eigenvalue weighted by atomic mass is 10.2. The maximum atomic E-state index is 6.01. The van der Waals surface area contributed by atoms with Crippen molar-refractivity contribution in [3.05, 3.63) is 47.5 Å². The van der Waals surface area contributed by atoms with Crippen molar-refractivity contribution in [2.45, 2.75) is 12.5 Å². The van der Waals surface area contributed by atoms with Gasteiger partial charge in [0.2, 0.25) is 0 Å². The third-order valence-corrected chi connectivity index (χ3v) is 2.86. The van der Waals surface area contributed by atoms with Gasteiger partial charge < -0.3 is 15.0 Å². The Hall–Kier alpha value is -1.52. The van der Waals surface area contributed by atoms with E-state index in [2.05, 4.69) is 4.98 Å². The summed E-state index contributed by atoms with van der Waals surface area (Å²) in [4.78, 5) is 4.23. The van der Waals surface area contributed by atoms with Crippen molar-refractivity contribution in [2.75, 3.05) is 6.61 Å². The highest BCUT2D eigenvalue weighted by Crippen LogP contribution is 2.17. The molecule has 96 valence electrons. The van der Waals surface area contributed by atoms with Crippen molar-refractivity contribution in [1.29, 1.82) is 0 Å². The number of halogens is 1. The van der Waals surface area contributed by atoms with E-state index in [1.54, 1.807) is 12.3 Å². The number of hydrogen-bond acceptors (Lipinski definition) is 3. The zero-order valence-electron chi connectivity index (χ0n) is 10.2. The molecule has 1 atom stereocenters. The topological polar surface area (TPSA) is 53.1 Å². The van der Waals surface area contributed by atoms with Crippen LogP contribution in [0.15, 0.2) is 36.7 Å². The molecule has 0 amide bonds. The molecule has 2 N–H and O–H groups in total. The molecule has 0 bridgehead atoms. The monoisotopic (exact) mass is 265 g/mol. The first-order chi connectivity index (χ1) is 8.65. The third-order valence-electron chi connectivity index (χ3n) is 2.63. The maximum absolute atomic E-state index is 6.01. The van der Waals surface area contributed by atoms with Crippen LogP contribution in [0.2, 0.25) is 5.02 Å². The van der Waals surface area contributed by atoms with Crippen LogP contribution >= 0.6 is 11.6 Å². The van der Waals surface area contributed by atoms with Gasteiger partial charge in [0.25, 0.3) is 0 Å². The van der Waals surface area contributed by atoms with E-state index in [1.165, 1.54) is 0 Å². The Morgan fingerprint density at radius 1 is 1.50 bits per heavy atom. The summed E-state index contributed by atoms with van der Waals surface area (Å²) in [6.45, 7) is 0.438. The first-order valence-corrected chi connectivity index (χ1v) is 6.13. The van der Waals surface area contributed by atoms with Crippen LogP contribution in [0, 0.1) is 0 Å². The molecule has 0 saturated heterocycles. The zero-order chi connectivity index (χ0) is 13.0. The summed E-state index contributed by atoms with van der Waals surface area (Å²) in [6.07, 6.45) is 4.35. The van der Waals surface area contributed by atoms with Gasteiger partial charge in [0.15, 0.2) is 0 Å². The molecule has 18 heavy (non-hydrogen) atoms. The lowest BCUT2D eigenvalue weighted by Crippen LogP contribution is -2.31. The second-order valence-electron chi connectivity index (χ2n) is 4.19. The molecule has 0 saturated carbocycles. The second kappa shape index (κ2) is 5.89. The van der Waals surface area contributed by atoms with Crippen LogP contribution in [-0.2, 0) is 13.5 Å². The van der Waals surface area contributed by atoms with Gasteiger partial charge in [0.1, 0.15) is 18.2 Å². The lowest BCUT2D eigenvalue weighted by Gasteiger charge is -2.13. The van der Waals surface area contributed by atoms with Gasteiger partial charge >= 0.3 is 0 Å². The largest absolute Gasteiger partial charge is 0.492 e. The van der Waals surface area contributed by atoms with Crippen LogP contribution in [-0.4, -0.2) is 22.2 Å². The molecule has 4 nitrogen and oxygen atoms in total. The molecular weight excluding hydrogens is 250 g/mol. The fourth-order valence-electron chi connectivity index (χ4n) is 1.65. The third kappa shape index (κ3) is 3.48. The first kappa shape index (κ1) is 12.9. The number of aromatic nitrogens is 2. The van der Waals surface area contributed by atoms with Crippen LogP contribution < -0.4 is 10.5 Å². The second-order valence-corrected chi connectivity index (χ2v) is 4.62. The highest BCUT2D eigenvalue weighted by Gasteiger charge is 2.08. The van der Waals surface area contributed by atoms with E-state index in [1.807, 2.05) is 36.0 Å². The molecule has 2 aromatic rings. The van der Waals surface area contributed by atoms with Crippen molar-refractivity contribution in [3.8, 4) is 5.75 Å². The van der Waals surface area contributed by atoms with Crippen molar-refractivity contribution >= 4 is 11.6 Å². The van der Waals surface area contributed by atoms with Crippen molar-refractivity contribution in [3.63, 3.8) is 0 Å². The lowest BCUT2D eigenvalue weighted by molar-refractivity contribution is 0.285. The number of ether oxygens (including phenoxy) is 1. The normalized spacial score (nSPS) is 12.4. The summed E-state index contributed by atoms with van der Waals surface area (Å²) >= 11 is 5.87. The SMILES string of the molecule is Cn1ccnc1CC(N)COc1cccc(Cl)c1. The predicted molar refractivity (Wildman–Crippen MR) is 71.8 cm³/mol. The van der Waals surface area contributed by atoms with Gasteiger partial charge in [0, 0.05) is 36.9 Å². The molecule has 0 fully saturated rings. The van der Waals surface area contributed by atoms with E-state index in [0.29, 0.717) is 18.1 Å². The predicted octanol–water partition coefficient (Wildman–Crippen LogP) is 2.02. The number of nitrogens with zero attached hydrogens (tertiary/aromatic N) is 2. The molecule has 2 rings (SSSR count). The van der Waals surface area contributed by atoms with Crippen LogP contribution in [0.25, 0.3) is 0 Å². The minimum Gasteiger partial charge on any atom is -0.492 e. The van der Waals surface area contributed by atoms with Crippen LogP contribution in [0.3, 0.4) is 0 Å². The Labute approximate surface area is 111 Å². The number of aryl methyl sites for hydroxylation is 1. The minimum atomic E-state index is -0.0925. The van der Waals surface area contributed by atoms with Gasteiger partial charge in [-0.3, -0.25) is 0 Å². The summed E-state index contributed by atoms with van der Waals surface area (Å²) in [5.41, 5.74) is 6.01. The molecule has 1 aromatic carbocycles. The van der Waals surface area contributed by atoms with E-state index in [0.717, 1.165) is 11.6 Å². The van der Waals surface area contributed by atoms with Gasteiger partial charge in [0.05, 0.1) is 0 Å². The highest BCUT2D eigenvalue weighted by atomic mass is 35.5. The van der Waals surface area contributed by atoms with Crippen molar-refractivity contribution in [1.82, 2.24) is 9.55 Å². The maximum Gasteiger partial charge on any atom is 0.120 e. The number of nitrogens with two attached hydrogens (primary N) is 1.